The molecule has 2 saturated carbocycles. The highest BCUT2D eigenvalue weighted by molar-refractivity contribution is 5.56. The van der Waals surface area contributed by atoms with E-state index in [1.807, 2.05) is 24.8 Å². The maximum Gasteiger partial charge on any atom is 0.159 e. The van der Waals surface area contributed by atoms with E-state index in [1.54, 1.807) is 0 Å². The summed E-state index contributed by atoms with van der Waals surface area (Å²) in [7, 11) is 0. The second kappa shape index (κ2) is 18.9. The first-order chi connectivity index (χ1) is 25.1. The van der Waals surface area contributed by atoms with Crippen molar-refractivity contribution in [2.45, 2.75) is 143 Å². The quantitative estimate of drug-likeness (QED) is 0.117. The Bertz CT molecular complexity index is 1450. The van der Waals surface area contributed by atoms with E-state index in [4.69, 9.17) is 24.7 Å². The summed E-state index contributed by atoms with van der Waals surface area (Å²) in [5.41, 5.74) is 7.12. The average molecular weight is 687 g/mol. The third kappa shape index (κ3) is 9.92. The molecule has 5 nitrogen and oxygen atoms in total. The maximum atomic E-state index is 7.61. The summed E-state index contributed by atoms with van der Waals surface area (Å²) >= 11 is 0. The van der Waals surface area contributed by atoms with E-state index in [1.165, 1.54) is 99.3 Å². The molecule has 2 unspecified atom stereocenters. The number of aryl methyl sites for hydroxylation is 2. The van der Waals surface area contributed by atoms with E-state index in [-0.39, 0.29) is 12.2 Å². The van der Waals surface area contributed by atoms with Crippen molar-refractivity contribution in [2.75, 3.05) is 0 Å². The Morgan fingerprint density at radius 1 is 0.490 bits per heavy atom. The van der Waals surface area contributed by atoms with E-state index < -0.39 is 0 Å². The van der Waals surface area contributed by atoms with Gasteiger partial charge >= 0.3 is 0 Å². The lowest BCUT2D eigenvalue weighted by Gasteiger charge is -2.40. The Hall–Kier alpha value is -3.44. The molecular weight excluding hydrogens is 625 g/mol. The molecule has 2 fully saturated rings. The molecule has 2 aromatic heterocycles. The molecule has 2 aliphatic rings. The van der Waals surface area contributed by atoms with E-state index in [2.05, 4.69) is 76.2 Å². The summed E-state index contributed by atoms with van der Waals surface area (Å²) in [5, 5.41) is 0. The SMILES string of the molecule is CCCc1cnc(-c2ccc(C(OC(c3ccc(-c4ncc(CCC)cn4)cc3)C3CCC(CCC)CC3)C3CCC(CCC)CC3)cc2)nc1. The molecule has 0 radical (unpaired) electrons. The van der Waals surface area contributed by atoms with Crippen molar-refractivity contribution in [1.29, 1.82) is 0 Å². The molecule has 0 saturated heterocycles. The Labute approximate surface area is 308 Å². The van der Waals surface area contributed by atoms with Gasteiger partial charge in [0.05, 0.1) is 12.2 Å². The van der Waals surface area contributed by atoms with Crippen LogP contribution in [0.4, 0.5) is 0 Å². The fraction of sp³-hybridized carbons (Fsp3) is 0.565. The van der Waals surface area contributed by atoms with Crippen LogP contribution < -0.4 is 0 Å². The van der Waals surface area contributed by atoms with Gasteiger partial charge in [0.2, 0.25) is 0 Å². The minimum absolute atomic E-state index is 0.0574. The number of ether oxygens (including phenoxy) is 1. The van der Waals surface area contributed by atoms with Crippen molar-refractivity contribution in [3.05, 3.63) is 95.6 Å². The average Bonchev–Trinajstić information content (AvgIpc) is 3.18. The minimum atomic E-state index is 0.0574. The van der Waals surface area contributed by atoms with Crippen LogP contribution in [0.1, 0.15) is 152 Å². The second-order valence-electron chi connectivity index (χ2n) is 15.7. The molecule has 51 heavy (non-hydrogen) atoms. The van der Waals surface area contributed by atoms with Crippen molar-refractivity contribution in [1.82, 2.24) is 19.9 Å². The number of rotatable bonds is 16. The van der Waals surface area contributed by atoms with Gasteiger partial charge in [0, 0.05) is 35.9 Å². The first-order valence-corrected chi connectivity index (χ1v) is 20.6. The van der Waals surface area contributed by atoms with Crippen molar-refractivity contribution >= 4 is 0 Å². The summed E-state index contributed by atoms with van der Waals surface area (Å²) in [4.78, 5) is 18.9. The molecule has 4 aromatic rings. The molecule has 2 aromatic carbocycles. The van der Waals surface area contributed by atoms with Gasteiger partial charge in [0.25, 0.3) is 0 Å². The first kappa shape index (κ1) is 37.3. The third-order valence-corrected chi connectivity index (χ3v) is 11.8. The van der Waals surface area contributed by atoms with Gasteiger partial charge in [0.1, 0.15) is 0 Å². The summed E-state index contributed by atoms with van der Waals surface area (Å²) < 4.78 is 7.61. The van der Waals surface area contributed by atoms with Crippen LogP contribution in [-0.2, 0) is 17.6 Å². The molecular formula is C46H62N4O. The second-order valence-corrected chi connectivity index (χ2v) is 15.7. The smallest absolute Gasteiger partial charge is 0.159 e. The van der Waals surface area contributed by atoms with Crippen molar-refractivity contribution in [2.24, 2.45) is 23.7 Å². The van der Waals surface area contributed by atoms with Crippen LogP contribution in [0.5, 0.6) is 0 Å². The van der Waals surface area contributed by atoms with E-state index in [0.29, 0.717) is 11.8 Å². The van der Waals surface area contributed by atoms with E-state index in [9.17, 15) is 0 Å². The van der Waals surface area contributed by atoms with Gasteiger partial charge in [-0.25, -0.2) is 19.9 Å². The number of aromatic nitrogens is 4. The minimum Gasteiger partial charge on any atom is -0.365 e. The highest BCUT2D eigenvalue weighted by atomic mass is 16.5. The lowest BCUT2D eigenvalue weighted by atomic mass is 9.75. The summed E-state index contributed by atoms with van der Waals surface area (Å²) in [5.74, 6) is 4.34. The molecule has 2 atom stereocenters. The third-order valence-electron chi connectivity index (χ3n) is 11.8. The van der Waals surface area contributed by atoms with Gasteiger partial charge in [-0.2, -0.15) is 0 Å². The highest BCUT2D eigenvalue weighted by Crippen LogP contribution is 2.47. The van der Waals surface area contributed by atoms with Crippen LogP contribution >= 0.6 is 0 Å². The summed E-state index contributed by atoms with van der Waals surface area (Å²) in [6, 6.07) is 18.1. The molecule has 0 amide bonds. The number of hydrogen-bond acceptors (Lipinski definition) is 5. The topological polar surface area (TPSA) is 60.8 Å². The molecule has 0 spiro atoms. The predicted octanol–water partition coefficient (Wildman–Crippen LogP) is 12.5. The number of benzene rings is 2. The lowest BCUT2D eigenvalue weighted by molar-refractivity contribution is -0.0907. The van der Waals surface area contributed by atoms with Crippen LogP contribution in [0.25, 0.3) is 22.8 Å². The van der Waals surface area contributed by atoms with Gasteiger partial charge in [0.15, 0.2) is 11.6 Å². The Balaban J connectivity index is 1.29. The van der Waals surface area contributed by atoms with Crippen LogP contribution in [0.3, 0.4) is 0 Å². The molecule has 0 aliphatic heterocycles. The number of hydrogen-bond donors (Lipinski definition) is 0. The predicted molar refractivity (Wildman–Crippen MR) is 210 cm³/mol. The Morgan fingerprint density at radius 3 is 1.16 bits per heavy atom. The van der Waals surface area contributed by atoms with Gasteiger partial charge in [-0.05, 0) is 84.5 Å². The molecule has 0 bridgehead atoms. The standard InChI is InChI=1S/C46H62N4O/c1-5-9-33-13-17-37(18-14-33)43(39-21-25-41(26-22-39)45-47-29-35(11-7-3)30-48-45)51-44(38-19-15-34(10-6-2)16-20-38)40-23-27-42(28-24-40)46-49-31-36(12-8-4)32-50-46/h21-34,37-38,43-44H,5-20H2,1-4H3. The summed E-state index contributed by atoms with van der Waals surface area (Å²) in [6.07, 6.45) is 27.8. The van der Waals surface area contributed by atoms with Crippen LogP contribution in [0, 0.1) is 23.7 Å². The monoisotopic (exact) mass is 686 g/mol. The zero-order valence-corrected chi connectivity index (χ0v) is 31.9. The van der Waals surface area contributed by atoms with E-state index >= 15 is 0 Å². The number of nitrogens with zero attached hydrogens (tertiary/aromatic N) is 4. The van der Waals surface area contributed by atoms with Crippen LogP contribution in [0.2, 0.25) is 0 Å². The highest BCUT2D eigenvalue weighted by Gasteiger charge is 2.35. The van der Waals surface area contributed by atoms with Gasteiger partial charge in [-0.15, -0.1) is 0 Å². The van der Waals surface area contributed by atoms with Crippen molar-refractivity contribution in [3.63, 3.8) is 0 Å². The van der Waals surface area contributed by atoms with Crippen LogP contribution in [0.15, 0.2) is 73.3 Å². The fourth-order valence-corrected chi connectivity index (χ4v) is 8.94. The van der Waals surface area contributed by atoms with E-state index in [0.717, 1.165) is 60.3 Å². The zero-order chi connectivity index (χ0) is 35.4. The largest absolute Gasteiger partial charge is 0.365 e. The van der Waals surface area contributed by atoms with Gasteiger partial charge in [-0.1, -0.05) is 140 Å². The molecule has 6 rings (SSSR count). The lowest BCUT2D eigenvalue weighted by Crippen LogP contribution is -2.28. The first-order valence-electron chi connectivity index (χ1n) is 20.6. The van der Waals surface area contributed by atoms with Crippen molar-refractivity contribution < 1.29 is 4.74 Å². The van der Waals surface area contributed by atoms with Crippen molar-refractivity contribution in [3.8, 4) is 22.8 Å². The molecule has 5 heteroatoms. The van der Waals surface area contributed by atoms with Gasteiger partial charge < -0.3 is 4.74 Å². The Morgan fingerprint density at radius 2 is 0.843 bits per heavy atom. The Kier molecular flexibility index (Phi) is 13.8. The maximum absolute atomic E-state index is 7.61. The molecule has 2 aliphatic carbocycles. The van der Waals surface area contributed by atoms with Crippen LogP contribution in [-0.4, -0.2) is 19.9 Å². The zero-order valence-electron chi connectivity index (χ0n) is 31.9. The molecule has 0 N–H and O–H groups in total. The van der Waals surface area contributed by atoms with Gasteiger partial charge in [-0.3, -0.25) is 0 Å². The normalized spacial score (nSPS) is 22.0. The molecule has 272 valence electrons. The fourth-order valence-electron chi connectivity index (χ4n) is 8.94. The molecule has 2 heterocycles. The summed E-state index contributed by atoms with van der Waals surface area (Å²) in [6.45, 7) is 9.06.